The van der Waals surface area contributed by atoms with E-state index in [2.05, 4.69) is 10.2 Å². The molecule has 5 heteroatoms. The largest absolute Gasteiger partial charge is 0.497 e. The predicted molar refractivity (Wildman–Crippen MR) is 95.2 cm³/mol. The Balaban J connectivity index is 1.75. The fourth-order valence-electron chi connectivity index (χ4n) is 3.30. The van der Waals surface area contributed by atoms with Crippen molar-refractivity contribution in [3.05, 3.63) is 29.8 Å². The van der Waals surface area contributed by atoms with Gasteiger partial charge in [0.1, 0.15) is 5.75 Å². The monoisotopic (exact) mass is 334 g/mol. The van der Waals surface area contributed by atoms with Crippen LogP contribution >= 0.6 is 0 Å². The lowest BCUT2D eigenvalue weighted by Gasteiger charge is -2.37. The molecule has 1 saturated heterocycles. The van der Waals surface area contributed by atoms with Crippen LogP contribution in [0.25, 0.3) is 0 Å². The van der Waals surface area contributed by atoms with Gasteiger partial charge in [0, 0.05) is 12.6 Å². The molecule has 0 bridgehead atoms. The Morgan fingerprint density at radius 2 is 2.12 bits per heavy atom. The lowest BCUT2D eigenvalue weighted by molar-refractivity contribution is -0.124. The number of amides is 1. The molecule has 24 heavy (non-hydrogen) atoms. The molecule has 134 valence electrons. The topological polar surface area (TPSA) is 61.8 Å². The summed E-state index contributed by atoms with van der Waals surface area (Å²) >= 11 is 0. The molecular weight excluding hydrogens is 304 g/mol. The number of nitrogens with one attached hydrogen (secondary N) is 1. The van der Waals surface area contributed by atoms with Gasteiger partial charge in [-0.05, 0) is 49.9 Å². The Labute approximate surface area is 145 Å². The van der Waals surface area contributed by atoms with Crippen molar-refractivity contribution in [1.29, 1.82) is 0 Å². The van der Waals surface area contributed by atoms with Gasteiger partial charge in [0.2, 0.25) is 5.91 Å². The second-order valence-corrected chi connectivity index (χ2v) is 6.46. The van der Waals surface area contributed by atoms with Gasteiger partial charge in [-0.2, -0.15) is 0 Å². The van der Waals surface area contributed by atoms with Crippen LogP contribution < -0.4 is 10.1 Å². The summed E-state index contributed by atoms with van der Waals surface area (Å²) in [7, 11) is 1.65. The van der Waals surface area contributed by atoms with E-state index in [0.29, 0.717) is 13.1 Å². The van der Waals surface area contributed by atoms with Crippen molar-refractivity contribution in [2.45, 2.75) is 51.2 Å². The van der Waals surface area contributed by atoms with Crippen molar-refractivity contribution in [3.8, 4) is 5.75 Å². The summed E-state index contributed by atoms with van der Waals surface area (Å²) in [4.78, 5) is 14.3. The minimum atomic E-state index is -0.336. The SMILES string of the molecule is CCC(O)C1CCCCN1CC(=O)NCCc1ccc(OC)cc1. The summed E-state index contributed by atoms with van der Waals surface area (Å²) in [6.45, 7) is 3.89. The number of carbonyl (C=O) groups is 1. The van der Waals surface area contributed by atoms with Gasteiger partial charge in [0.25, 0.3) is 0 Å². The van der Waals surface area contributed by atoms with E-state index in [1.165, 1.54) is 5.56 Å². The fraction of sp³-hybridized carbons (Fsp3) is 0.632. The molecule has 2 N–H and O–H groups in total. The first kappa shape index (κ1) is 18.7. The average Bonchev–Trinajstić information content (AvgIpc) is 2.62. The van der Waals surface area contributed by atoms with Gasteiger partial charge in [-0.1, -0.05) is 25.5 Å². The summed E-state index contributed by atoms with van der Waals surface area (Å²) in [6, 6.07) is 8.02. The Kier molecular flexibility index (Phi) is 7.53. The number of ether oxygens (including phenoxy) is 1. The number of benzene rings is 1. The zero-order valence-electron chi connectivity index (χ0n) is 14.8. The van der Waals surface area contributed by atoms with Gasteiger partial charge in [0.05, 0.1) is 19.8 Å². The standard InChI is InChI=1S/C19H30N2O3/c1-3-18(22)17-6-4-5-13-21(17)14-19(23)20-12-11-15-7-9-16(24-2)10-8-15/h7-10,17-18,22H,3-6,11-14H2,1-2H3,(H,20,23). The summed E-state index contributed by atoms with van der Waals surface area (Å²) in [5.74, 6) is 0.882. The van der Waals surface area contributed by atoms with Gasteiger partial charge in [-0.25, -0.2) is 0 Å². The van der Waals surface area contributed by atoms with E-state index in [9.17, 15) is 9.90 Å². The number of carbonyl (C=O) groups excluding carboxylic acids is 1. The lowest BCUT2D eigenvalue weighted by Crippen LogP contribution is -2.50. The number of methoxy groups -OCH3 is 1. The predicted octanol–water partition coefficient (Wildman–Crippen LogP) is 1.98. The molecule has 1 fully saturated rings. The number of likely N-dealkylation sites (tertiary alicyclic amines) is 1. The van der Waals surface area contributed by atoms with Gasteiger partial charge in [-0.15, -0.1) is 0 Å². The van der Waals surface area contributed by atoms with E-state index in [0.717, 1.165) is 44.4 Å². The lowest BCUT2D eigenvalue weighted by atomic mass is 9.96. The Morgan fingerprint density at radius 3 is 2.79 bits per heavy atom. The molecule has 1 aromatic carbocycles. The normalized spacial score (nSPS) is 19.7. The highest BCUT2D eigenvalue weighted by Crippen LogP contribution is 2.20. The van der Waals surface area contributed by atoms with Gasteiger partial charge in [0.15, 0.2) is 0 Å². The van der Waals surface area contributed by atoms with Crippen molar-refractivity contribution >= 4 is 5.91 Å². The third-order valence-electron chi connectivity index (χ3n) is 4.77. The van der Waals surface area contributed by atoms with Gasteiger partial charge in [-0.3, -0.25) is 9.69 Å². The van der Waals surface area contributed by atoms with Crippen molar-refractivity contribution < 1.29 is 14.6 Å². The first-order valence-corrected chi connectivity index (χ1v) is 8.95. The Bertz CT molecular complexity index is 504. The van der Waals surface area contributed by atoms with Crippen LogP contribution in [-0.4, -0.2) is 54.8 Å². The molecule has 1 heterocycles. The van der Waals surface area contributed by atoms with Crippen LogP contribution in [0, 0.1) is 0 Å². The average molecular weight is 334 g/mol. The molecule has 1 aliphatic rings. The Morgan fingerprint density at radius 1 is 1.38 bits per heavy atom. The molecule has 0 aromatic heterocycles. The van der Waals surface area contributed by atoms with Crippen LogP contribution in [0.1, 0.15) is 38.2 Å². The van der Waals surface area contributed by atoms with Crippen LogP contribution in [0.2, 0.25) is 0 Å². The molecule has 1 aliphatic heterocycles. The highest BCUT2D eigenvalue weighted by atomic mass is 16.5. The zero-order valence-corrected chi connectivity index (χ0v) is 14.8. The highest BCUT2D eigenvalue weighted by molar-refractivity contribution is 5.78. The van der Waals surface area contributed by atoms with Crippen LogP contribution in [-0.2, 0) is 11.2 Å². The van der Waals surface area contributed by atoms with Crippen LogP contribution in [0.3, 0.4) is 0 Å². The Hall–Kier alpha value is -1.59. The van der Waals surface area contributed by atoms with Crippen molar-refractivity contribution in [1.82, 2.24) is 10.2 Å². The number of hydrogen-bond donors (Lipinski definition) is 2. The molecule has 5 nitrogen and oxygen atoms in total. The van der Waals surface area contributed by atoms with Crippen LogP contribution in [0.5, 0.6) is 5.75 Å². The molecule has 0 radical (unpaired) electrons. The molecule has 0 spiro atoms. The molecule has 0 aliphatic carbocycles. The minimum Gasteiger partial charge on any atom is -0.497 e. The third-order valence-corrected chi connectivity index (χ3v) is 4.77. The minimum absolute atomic E-state index is 0.0405. The molecule has 2 rings (SSSR count). The van der Waals surface area contributed by atoms with E-state index in [-0.39, 0.29) is 18.1 Å². The van der Waals surface area contributed by atoms with E-state index in [1.54, 1.807) is 7.11 Å². The van der Waals surface area contributed by atoms with Crippen LogP contribution in [0.4, 0.5) is 0 Å². The summed E-state index contributed by atoms with van der Waals surface area (Å²) in [6.07, 6.45) is 4.42. The molecule has 0 saturated carbocycles. The maximum absolute atomic E-state index is 12.2. The highest BCUT2D eigenvalue weighted by Gasteiger charge is 2.28. The quantitative estimate of drug-likeness (QED) is 0.763. The molecule has 1 aromatic rings. The summed E-state index contributed by atoms with van der Waals surface area (Å²) in [5, 5.41) is 13.1. The molecule has 2 unspecified atom stereocenters. The number of piperidine rings is 1. The number of rotatable bonds is 8. The van der Waals surface area contributed by atoms with Crippen molar-refractivity contribution in [2.75, 3.05) is 26.7 Å². The van der Waals surface area contributed by atoms with Crippen molar-refractivity contribution in [2.24, 2.45) is 0 Å². The van der Waals surface area contributed by atoms with E-state index in [4.69, 9.17) is 4.74 Å². The van der Waals surface area contributed by atoms with Crippen LogP contribution in [0.15, 0.2) is 24.3 Å². The smallest absolute Gasteiger partial charge is 0.234 e. The first-order valence-electron chi connectivity index (χ1n) is 8.95. The molecular formula is C19H30N2O3. The van der Waals surface area contributed by atoms with Gasteiger partial charge < -0.3 is 15.2 Å². The first-order chi connectivity index (χ1) is 11.6. The van der Waals surface area contributed by atoms with E-state index < -0.39 is 0 Å². The molecule has 1 amide bonds. The zero-order chi connectivity index (χ0) is 17.4. The second-order valence-electron chi connectivity index (χ2n) is 6.46. The number of nitrogens with zero attached hydrogens (tertiary/aromatic N) is 1. The van der Waals surface area contributed by atoms with Gasteiger partial charge >= 0.3 is 0 Å². The fourth-order valence-corrected chi connectivity index (χ4v) is 3.30. The molecule has 2 atom stereocenters. The van der Waals surface area contributed by atoms with E-state index >= 15 is 0 Å². The summed E-state index contributed by atoms with van der Waals surface area (Å²) in [5.41, 5.74) is 1.17. The summed E-state index contributed by atoms with van der Waals surface area (Å²) < 4.78 is 5.14. The second kappa shape index (κ2) is 9.64. The maximum atomic E-state index is 12.2. The third kappa shape index (κ3) is 5.49. The van der Waals surface area contributed by atoms with E-state index in [1.807, 2.05) is 31.2 Å². The maximum Gasteiger partial charge on any atom is 0.234 e. The van der Waals surface area contributed by atoms with Crippen molar-refractivity contribution in [3.63, 3.8) is 0 Å². The number of aliphatic hydroxyl groups excluding tert-OH is 1. The number of hydrogen-bond acceptors (Lipinski definition) is 4. The number of aliphatic hydroxyl groups is 1.